The fourth-order valence-electron chi connectivity index (χ4n) is 3.66. The van der Waals surface area contributed by atoms with Gasteiger partial charge in [0, 0.05) is 11.8 Å². The van der Waals surface area contributed by atoms with Crippen LogP contribution in [0.3, 0.4) is 0 Å². The molecule has 3 aromatic rings. The maximum atomic E-state index is 12.5. The largest absolute Gasteiger partial charge is 0.493 e. The number of carbonyl (C=O) groups is 1. The van der Waals surface area contributed by atoms with Gasteiger partial charge in [0.1, 0.15) is 11.4 Å². The lowest BCUT2D eigenvalue weighted by molar-refractivity contribution is 0.00693. The zero-order chi connectivity index (χ0) is 28.0. The molecule has 0 radical (unpaired) electrons. The third-order valence-electron chi connectivity index (χ3n) is 5.73. The van der Waals surface area contributed by atoms with E-state index >= 15 is 0 Å². The molecule has 0 aliphatic rings. The van der Waals surface area contributed by atoms with Crippen molar-refractivity contribution in [2.45, 2.75) is 64.9 Å². The summed E-state index contributed by atoms with van der Waals surface area (Å²) < 4.78 is 42.0. The van der Waals surface area contributed by atoms with Gasteiger partial charge < -0.3 is 9.47 Å². The average molecular weight is 540 g/mol. The van der Waals surface area contributed by atoms with Gasteiger partial charge in [-0.15, -0.1) is 0 Å². The molecule has 0 aliphatic carbocycles. The molecule has 2 aromatic carbocycles. The molecule has 38 heavy (non-hydrogen) atoms. The number of nitrogens with zero attached hydrogens (tertiary/aromatic N) is 1. The highest BCUT2D eigenvalue weighted by atomic mass is 32.2. The van der Waals surface area contributed by atoms with Crippen LogP contribution < -0.4 is 4.74 Å². The summed E-state index contributed by atoms with van der Waals surface area (Å²) in [7, 11) is -3.81. The minimum atomic E-state index is -3.81. The number of hydrogen-bond donors (Lipinski definition) is 0. The number of carbonyl (C=O) groups excluding carboxylic acids is 1. The first-order chi connectivity index (χ1) is 17.8. The zero-order valence-electron chi connectivity index (χ0n) is 23.0. The van der Waals surface area contributed by atoms with Gasteiger partial charge in [0.25, 0.3) is 10.1 Å². The Hall–Kier alpha value is -3.23. The predicted octanol–water partition coefficient (Wildman–Crippen LogP) is 6.60. The van der Waals surface area contributed by atoms with E-state index in [1.54, 1.807) is 42.6 Å². The lowest BCUT2D eigenvalue weighted by Crippen LogP contribution is -2.23. The summed E-state index contributed by atoms with van der Waals surface area (Å²) >= 11 is 0. The van der Waals surface area contributed by atoms with Crippen molar-refractivity contribution in [3.63, 3.8) is 0 Å². The van der Waals surface area contributed by atoms with Gasteiger partial charge >= 0.3 is 5.97 Å². The van der Waals surface area contributed by atoms with Crippen LogP contribution in [0.1, 0.15) is 63.4 Å². The highest BCUT2D eigenvalue weighted by molar-refractivity contribution is 7.86. The maximum absolute atomic E-state index is 12.5. The standard InChI is InChI=1S/C30H37NO6S/c1-22-12-14-24(15-13-22)38(33,34)36-21-30(5,6)17-9-19-35-27-11-8-7-10-25(27)26-20-23(16-18-31-26)28(32)37-29(2,3)4/h7-8,10-16,18,20H,9,17,19,21H2,1-6H3. The van der Waals surface area contributed by atoms with E-state index in [0.29, 0.717) is 36.5 Å². The summed E-state index contributed by atoms with van der Waals surface area (Å²) in [6.07, 6.45) is 2.98. The van der Waals surface area contributed by atoms with Crippen LogP contribution in [-0.2, 0) is 19.0 Å². The average Bonchev–Trinajstić information content (AvgIpc) is 2.85. The second kappa shape index (κ2) is 12.1. The van der Waals surface area contributed by atoms with Crippen LogP contribution >= 0.6 is 0 Å². The van der Waals surface area contributed by atoms with Crippen molar-refractivity contribution in [1.82, 2.24) is 4.98 Å². The number of rotatable bonds is 11. The van der Waals surface area contributed by atoms with E-state index in [-0.39, 0.29) is 16.9 Å². The summed E-state index contributed by atoms with van der Waals surface area (Å²) in [6, 6.07) is 17.5. The number of benzene rings is 2. The van der Waals surface area contributed by atoms with Crippen molar-refractivity contribution in [3.05, 3.63) is 78.0 Å². The van der Waals surface area contributed by atoms with Crippen LogP contribution in [0.25, 0.3) is 11.3 Å². The Bertz CT molecular complexity index is 1340. The first-order valence-corrected chi connectivity index (χ1v) is 14.0. The third-order valence-corrected chi connectivity index (χ3v) is 7.01. The fraction of sp³-hybridized carbons (Fsp3) is 0.400. The quantitative estimate of drug-likeness (QED) is 0.154. The Morgan fingerprint density at radius 1 is 0.947 bits per heavy atom. The lowest BCUT2D eigenvalue weighted by Gasteiger charge is -2.24. The Balaban J connectivity index is 1.58. The first-order valence-electron chi connectivity index (χ1n) is 12.6. The molecule has 204 valence electrons. The van der Waals surface area contributed by atoms with Crippen LogP contribution in [0.4, 0.5) is 0 Å². The van der Waals surface area contributed by atoms with Gasteiger partial charge in [-0.05, 0) is 82.3 Å². The van der Waals surface area contributed by atoms with Crippen molar-refractivity contribution in [2.24, 2.45) is 5.41 Å². The minimum absolute atomic E-state index is 0.0706. The molecule has 0 aliphatic heterocycles. The van der Waals surface area contributed by atoms with E-state index < -0.39 is 21.7 Å². The van der Waals surface area contributed by atoms with Gasteiger partial charge in [0.15, 0.2) is 0 Å². The summed E-state index contributed by atoms with van der Waals surface area (Å²) in [5, 5.41) is 0. The molecule has 0 fully saturated rings. The summed E-state index contributed by atoms with van der Waals surface area (Å²) in [5.74, 6) is 0.241. The van der Waals surface area contributed by atoms with E-state index in [1.807, 2.05) is 65.8 Å². The second-order valence-corrected chi connectivity index (χ2v) is 12.7. The van der Waals surface area contributed by atoms with Crippen LogP contribution in [0, 0.1) is 12.3 Å². The van der Waals surface area contributed by atoms with E-state index in [1.165, 1.54) is 0 Å². The Labute approximate surface area is 226 Å². The maximum Gasteiger partial charge on any atom is 0.338 e. The molecule has 0 saturated carbocycles. The van der Waals surface area contributed by atoms with Crippen molar-refractivity contribution in [1.29, 1.82) is 0 Å². The van der Waals surface area contributed by atoms with Gasteiger partial charge in [0.05, 0.1) is 29.4 Å². The molecule has 0 spiro atoms. The summed E-state index contributed by atoms with van der Waals surface area (Å²) in [4.78, 5) is 17.1. The number of aryl methyl sites for hydroxylation is 1. The molecule has 8 heteroatoms. The molecule has 0 amide bonds. The SMILES string of the molecule is Cc1ccc(S(=O)(=O)OCC(C)(C)CCCOc2ccccc2-c2cc(C(=O)OC(C)(C)C)ccn2)cc1. The van der Waals surface area contributed by atoms with Crippen LogP contribution in [0.5, 0.6) is 5.75 Å². The second-order valence-electron chi connectivity index (χ2n) is 11.1. The molecular weight excluding hydrogens is 502 g/mol. The van der Waals surface area contributed by atoms with Crippen molar-refractivity contribution in [3.8, 4) is 17.0 Å². The van der Waals surface area contributed by atoms with E-state index in [4.69, 9.17) is 13.7 Å². The smallest absolute Gasteiger partial charge is 0.338 e. The molecule has 0 saturated heterocycles. The van der Waals surface area contributed by atoms with Gasteiger partial charge in [-0.2, -0.15) is 8.42 Å². The molecule has 0 bridgehead atoms. The van der Waals surface area contributed by atoms with Gasteiger partial charge in [-0.25, -0.2) is 4.79 Å². The molecule has 7 nitrogen and oxygen atoms in total. The number of pyridine rings is 1. The monoisotopic (exact) mass is 539 g/mol. The molecule has 1 aromatic heterocycles. The topological polar surface area (TPSA) is 91.8 Å². The minimum Gasteiger partial charge on any atom is -0.493 e. The fourth-order valence-corrected chi connectivity index (χ4v) is 4.74. The first kappa shape index (κ1) is 29.3. The van der Waals surface area contributed by atoms with Crippen LogP contribution in [-0.4, -0.2) is 38.2 Å². The predicted molar refractivity (Wildman–Crippen MR) is 148 cm³/mol. The summed E-state index contributed by atoms with van der Waals surface area (Å²) in [6.45, 7) is 11.8. The molecule has 0 unspecified atom stereocenters. The van der Waals surface area contributed by atoms with Gasteiger partial charge in [-0.3, -0.25) is 9.17 Å². The summed E-state index contributed by atoms with van der Waals surface area (Å²) in [5.41, 5.74) is 1.82. The van der Waals surface area contributed by atoms with Gasteiger partial charge in [-0.1, -0.05) is 43.7 Å². The molecule has 3 rings (SSSR count). The third kappa shape index (κ3) is 8.67. The molecule has 1 heterocycles. The Kier molecular flexibility index (Phi) is 9.33. The number of para-hydroxylation sites is 1. The van der Waals surface area contributed by atoms with E-state index in [9.17, 15) is 13.2 Å². The normalized spacial score (nSPS) is 12.3. The number of esters is 1. The highest BCUT2D eigenvalue weighted by Gasteiger charge is 2.24. The number of hydrogen-bond acceptors (Lipinski definition) is 7. The van der Waals surface area contributed by atoms with Crippen molar-refractivity contribution >= 4 is 16.1 Å². The van der Waals surface area contributed by atoms with Crippen LogP contribution in [0.15, 0.2) is 71.8 Å². The van der Waals surface area contributed by atoms with Crippen LogP contribution in [0.2, 0.25) is 0 Å². The lowest BCUT2D eigenvalue weighted by atomic mass is 9.89. The number of aromatic nitrogens is 1. The molecular formula is C30H37NO6S. The van der Waals surface area contributed by atoms with Gasteiger partial charge in [0.2, 0.25) is 0 Å². The molecule has 0 N–H and O–H groups in total. The Morgan fingerprint density at radius 2 is 1.63 bits per heavy atom. The molecule has 0 atom stereocenters. The Morgan fingerprint density at radius 3 is 2.32 bits per heavy atom. The van der Waals surface area contributed by atoms with Crippen molar-refractivity contribution in [2.75, 3.05) is 13.2 Å². The van der Waals surface area contributed by atoms with E-state index in [2.05, 4.69) is 4.98 Å². The van der Waals surface area contributed by atoms with E-state index in [0.717, 1.165) is 11.1 Å². The highest BCUT2D eigenvalue weighted by Crippen LogP contribution is 2.30. The zero-order valence-corrected chi connectivity index (χ0v) is 23.8. The van der Waals surface area contributed by atoms with Crippen molar-refractivity contribution < 1.29 is 26.9 Å². The number of ether oxygens (including phenoxy) is 2.